The predicted octanol–water partition coefficient (Wildman–Crippen LogP) is 3.30. The van der Waals surface area contributed by atoms with E-state index >= 15 is 0 Å². The number of aliphatic hydroxyl groups is 4. The van der Waals surface area contributed by atoms with E-state index in [0.717, 1.165) is 0 Å². The van der Waals surface area contributed by atoms with E-state index in [1.807, 2.05) is 6.07 Å². The number of rotatable bonds is 3. The zero-order valence-corrected chi connectivity index (χ0v) is 26.4. The molecule has 12 nitrogen and oxygen atoms in total. The quantitative estimate of drug-likeness (QED) is 0.307. The lowest BCUT2D eigenvalue weighted by Gasteiger charge is -2.52. The van der Waals surface area contributed by atoms with Crippen LogP contribution in [0.15, 0.2) is 45.3 Å². The van der Waals surface area contributed by atoms with Gasteiger partial charge in [-0.25, -0.2) is 5.01 Å². The summed E-state index contributed by atoms with van der Waals surface area (Å²) >= 11 is 6.83. The first kappa shape index (κ1) is 30.7. The van der Waals surface area contributed by atoms with Gasteiger partial charge in [0.2, 0.25) is 0 Å². The van der Waals surface area contributed by atoms with Crippen LogP contribution >= 0.6 is 11.6 Å². The summed E-state index contributed by atoms with van der Waals surface area (Å²) in [6.07, 6.45) is -5.07. The molecule has 7 unspecified atom stereocenters. The van der Waals surface area contributed by atoms with Crippen molar-refractivity contribution in [3.8, 4) is 5.75 Å². The van der Waals surface area contributed by atoms with Crippen LogP contribution in [0.25, 0.3) is 10.6 Å². The predicted molar refractivity (Wildman–Crippen MR) is 161 cm³/mol. The Morgan fingerprint density at radius 3 is 2.60 bits per heavy atom. The summed E-state index contributed by atoms with van der Waals surface area (Å²) in [5, 5.41) is 64.6. The number of ether oxygens (including phenoxy) is 5. The third kappa shape index (κ3) is 4.20. The van der Waals surface area contributed by atoms with Crippen molar-refractivity contribution in [1.82, 2.24) is 5.01 Å². The molecule has 0 saturated carbocycles. The minimum Gasteiger partial charge on any atom is -0.507 e. The van der Waals surface area contributed by atoms with Gasteiger partial charge in [0.15, 0.2) is 6.23 Å². The van der Waals surface area contributed by atoms with Crippen molar-refractivity contribution >= 4 is 27.9 Å². The van der Waals surface area contributed by atoms with Gasteiger partial charge >= 0.3 is 0 Å². The standard InChI is InChI=1S/C32H37ClN2O10/c1-12(2)34-35-13(3)25(33)15-6-14-7-19-32(10-43-11-44-19)9-18-22(28(39)24(32)20(14)26(37)21(15)31(35)40)27(38)23-17(41-4)8-16(36)29(42-5)30(23)45-18/h6,16-17,19,27,29,31,36-40H,7-11H2,1-5H3. The molecule has 0 radical (unpaired) electrons. The summed E-state index contributed by atoms with van der Waals surface area (Å²) in [5.74, 6) is -0.0159. The SMILES string of the molecule is COC1CC(O)C(OC)C2=C1C(O)C1=C(CC34COCOC3Cc3cc5c(c(O)c3C4=C1O)C(O)N(N=C(C)C)C(C)=C5Cl)O2. The van der Waals surface area contributed by atoms with Gasteiger partial charge in [-0.2, -0.15) is 5.10 Å². The third-order valence-corrected chi connectivity index (χ3v) is 10.4. The molecule has 242 valence electrons. The number of aromatic hydroxyl groups is 1. The van der Waals surface area contributed by atoms with Gasteiger partial charge in [-0.15, -0.1) is 0 Å². The van der Waals surface area contributed by atoms with Gasteiger partial charge < -0.3 is 49.2 Å². The van der Waals surface area contributed by atoms with Crippen LogP contribution in [0.5, 0.6) is 5.75 Å². The van der Waals surface area contributed by atoms with E-state index in [2.05, 4.69) is 5.10 Å². The lowest BCUT2D eigenvalue weighted by molar-refractivity contribution is -0.195. The molecule has 1 saturated heterocycles. The average Bonchev–Trinajstić information content (AvgIpc) is 3.00. The van der Waals surface area contributed by atoms with E-state index < -0.39 is 42.2 Å². The molecule has 7 rings (SSSR count). The van der Waals surface area contributed by atoms with E-state index in [4.69, 9.17) is 35.3 Å². The van der Waals surface area contributed by atoms with Gasteiger partial charge in [-0.1, -0.05) is 11.6 Å². The molecule has 1 aromatic carbocycles. The molecular formula is C32H37ClN2O10. The van der Waals surface area contributed by atoms with Crippen LogP contribution in [0.1, 0.15) is 62.1 Å². The number of phenols is 1. The fourth-order valence-electron chi connectivity index (χ4n) is 7.91. The highest BCUT2D eigenvalue weighted by Gasteiger charge is 2.58. The number of nitrogens with zero attached hydrogens (tertiary/aromatic N) is 2. The monoisotopic (exact) mass is 644 g/mol. The first-order valence-electron chi connectivity index (χ1n) is 14.9. The van der Waals surface area contributed by atoms with Crippen LogP contribution < -0.4 is 0 Å². The number of hydrogen-bond donors (Lipinski definition) is 5. The second kappa shape index (κ2) is 10.8. The molecular weight excluding hydrogens is 608 g/mol. The Kier molecular flexibility index (Phi) is 7.38. The lowest BCUT2D eigenvalue weighted by atomic mass is 9.59. The molecule has 3 aliphatic carbocycles. The van der Waals surface area contributed by atoms with Gasteiger partial charge in [0.1, 0.15) is 42.0 Å². The van der Waals surface area contributed by atoms with Gasteiger partial charge in [0, 0.05) is 61.5 Å². The molecule has 1 spiro atoms. The van der Waals surface area contributed by atoms with Crippen molar-refractivity contribution in [2.75, 3.05) is 27.6 Å². The van der Waals surface area contributed by atoms with Crippen molar-refractivity contribution in [1.29, 1.82) is 0 Å². The van der Waals surface area contributed by atoms with Crippen molar-refractivity contribution in [2.45, 2.75) is 76.8 Å². The third-order valence-electron chi connectivity index (χ3n) is 9.90. The summed E-state index contributed by atoms with van der Waals surface area (Å²) in [5.41, 5.74) is 2.53. The van der Waals surface area contributed by atoms with Crippen LogP contribution in [-0.4, -0.2) is 94.4 Å². The van der Waals surface area contributed by atoms with Crippen LogP contribution in [0.2, 0.25) is 0 Å². The number of phenolic OH excluding ortho intramolecular Hbond substituents is 1. The molecule has 3 aliphatic heterocycles. The summed E-state index contributed by atoms with van der Waals surface area (Å²) in [4.78, 5) is 0. The Balaban J connectivity index is 1.46. The van der Waals surface area contributed by atoms with Crippen LogP contribution in [-0.2, 0) is 30.1 Å². The number of aliphatic hydroxyl groups excluding tert-OH is 4. The van der Waals surface area contributed by atoms with Gasteiger partial charge in [0.25, 0.3) is 0 Å². The largest absolute Gasteiger partial charge is 0.507 e. The summed E-state index contributed by atoms with van der Waals surface area (Å²) < 4.78 is 29.6. The maximum absolute atomic E-state index is 12.2. The minimum absolute atomic E-state index is 0.0344. The number of hydrogen-bond acceptors (Lipinski definition) is 12. The molecule has 5 N–H and O–H groups in total. The fourth-order valence-corrected chi connectivity index (χ4v) is 8.15. The van der Waals surface area contributed by atoms with Gasteiger partial charge in [-0.05, 0) is 32.4 Å². The average molecular weight is 645 g/mol. The van der Waals surface area contributed by atoms with Gasteiger partial charge in [0.05, 0.1) is 52.2 Å². The maximum Gasteiger partial charge on any atom is 0.177 e. The molecule has 3 heterocycles. The number of hydrazone groups is 1. The Morgan fingerprint density at radius 2 is 1.91 bits per heavy atom. The fraction of sp³-hybridized carbons (Fsp3) is 0.531. The highest BCUT2D eigenvalue weighted by atomic mass is 35.5. The molecule has 1 fully saturated rings. The Bertz CT molecular complexity index is 1640. The van der Waals surface area contributed by atoms with Crippen molar-refractivity contribution < 1.29 is 49.2 Å². The Hall–Kier alpha value is -2.94. The van der Waals surface area contributed by atoms with E-state index in [0.29, 0.717) is 50.7 Å². The normalized spacial score (nSPS) is 33.9. The summed E-state index contributed by atoms with van der Waals surface area (Å²) in [6.45, 7) is 5.47. The second-order valence-electron chi connectivity index (χ2n) is 12.6. The zero-order valence-electron chi connectivity index (χ0n) is 25.6. The Morgan fingerprint density at radius 1 is 1.16 bits per heavy atom. The van der Waals surface area contributed by atoms with E-state index in [1.54, 1.807) is 20.8 Å². The molecule has 6 aliphatic rings. The highest BCUT2D eigenvalue weighted by molar-refractivity contribution is 6.49. The van der Waals surface area contributed by atoms with Crippen molar-refractivity contribution in [2.24, 2.45) is 10.5 Å². The number of methoxy groups -OCH3 is 2. The minimum atomic E-state index is -1.37. The molecule has 7 atom stereocenters. The lowest BCUT2D eigenvalue weighted by Crippen LogP contribution is -2.54. The zero-order chi connectivity index (χ0) is 32.1. The Labute approximate surface area is 265 Å². The van der Waals surface area contributed by atoms with Gasteiger partial charge in [-0.3, -0.25) is 0 Å². The molecule has 1 aromatic rings. The second-order valence-corrected chi connectivity index (χ2v) is 13.0. The number of fused-ring (bicyclic) bond motifs is 3. The first-order valence-corrected chi connectivity index (χ1v) is 15.3. The molecule has 13 heteroatoms. The number of allylic oxidation sites excluding steroid dienone is 2. The smallest absolute Gasteiger partial charge is 0.177 e. The van der Waals surface area contributed by atoms with Crippen molar-refractivity contribution in [3.63, 3.8) is 0 Å². The molecule has 0 bridgehead atoms. The number of halogens is 1. The highest BCUT2D eigenvalue weighted by Crippen LogP contribution is 2.62. The summed E-state index contributed by atoms with van der Waals surface area (Å²) in [6, 6.07) is 1.81. The van der Waals surface area contributed by atoms with Crippen LogP contribution in [0, 0.1) is 5.41 Å². The maximum atomic E-state index is 12.2. The summed E-state index contributed by atoms with van der Waals surface area (Å²) in [7, 11) is 2.92. The first-order chi connectivity index (χ1) is 21.4. The van der Waals surface area contributed by atoms with E-state index in [1.165, 1.54) is 19.2 Å². The molecule has 0 amide bonds. The van der Waals surface area contributed by atoms with Crippen LogP contribution in [0.3, 0.4) is 0 Å². The topological polar surface area (TPSA) is 163 Å². The van der Waals surface area contributed by atoms with Crippen molar-refractivity contribution in [3.05, 3.63) is 62.4 Å². The number of benzene rings is 1. The van der Waals surface area contributed by atoms with E-state index in [-0.39, 0.29) is 60.4 Å². The van der Waals surface area contributed by atoms with Crippen LogP contribution in [0.4, 0.5) is 0 Å². The van der Waals surface area contributed by atoms with E-state index in [9.17, 15) is 25.5 Å². The molecule has 45 heavy (non-hydrogen) atoms. The molecule has 0 aromatic heterocycles.